The monoisotopic (exact) mass is 324 g/mol. The molecule has 0 aliphatic rings. The van der Waals surface area contributed by atoms with Gasteiger partial charge in [0.05, 0.1) is 11.4 Å². The lowest BCUT2D eigenvalue weighted by Crippen LogP contribution is -1.85. The van der Waals surface area contributed by atoms with E-state index in [-0.39, 0.29) is 0 Å². The van der Waals surface area contributed by atoms with Crippen molar-refractivity contribution in [2.24, 2.45) is 0 Å². The highest BCUT2D eigenvalue weighted by atomic mass is 32.2. The first-order chi connectivity index (χ1) is 10.9. The second kappa shape index (κ2) is 8.01. The third-order valence-electron chi connectivity index (χ3n) is 3.05. The van der Waals surface area contributed by atoms with E-state index < -0.39 is 0 Å². The van der Waals surface area contributed by atoms with Crippen molar-refractivity contribution in [3.63, 3.8) is 0 Å². The largest absolute Gasteiger partial charge is 0.260 e. The minimum atomic E-state index is 0.904. The van der Waals surface area contributed by atoms with Gasteiger partial charge in [0.25, 0.3) is 0 Å². The number of hydrogen-bond donors (Lipinski definition) is 0. The van der Waals surface area contributed by atoms with Gasteiger partial charge in [-0.1, -0.05) is 12.1 Å². The second-order valence-electron chi connectivity index (χ2n) is 4.69. The fraction of sp³-hybridized carbons (Fsp3) is 0.111. The van der Waals surface area contributed by atoms with Gasteiger partial charge in [-0.15, -0.1) is 23.5 Å². The molecule has 0 atom stereocenters. The number of benzene rings is 1. The van der Waals surface area contributed by atoms with Crippen LogP contribution in [0.4, 0.5) is 0 Å². The molecule has 0 aliphatic heterocycles. The summed E-state index contributed by atoms with van der Waals surface area (Å²) in [5, 5.41) is 0. The van der Waals surface area contributed by atoms with Crippen LogP contribution in [0.15, 0.2) is 82.8 Å². The van der Waals surface area contributed by atoms with Crippen LogP contribution in [0.25, 0.3) is 0 Å². The predicted octanol–water partition coefficient (Wildman–Crippen LogP) is 5.06. The van der Waals surface area contributed by atoms with Gasteiger partial charge in [0.15, 0.2) is 0 Å². The molecule has 2 aromatic heterocycles. The molecule has 0 unspecified atom stereocenters. The first-order valence-corrected chi connectivity index (χ1v) is 9.03. The molecular formula is C18H16N2S2. The van der Waals surface area contributed by atoms with Gasteiger partial charge in [-0.25, -0.2) is 0 Å². The normalized spacial score (nSPS) is 10.5. The van der Waals surface area contributed by atoms with Gasteiger partial charge in [0.2, 0.25) is 0 Å². The molecule has 0 amide bonds. The summed E-state index contributed by atoms with van der Waals surface area (Å²) in [5.41, 5.74) is 2.22. The lowest BCUT2D eigenvalue weighted by Gasteiger charge is -2.04. The molecule has 3 aromatic rings. The van der Waals surface area contributed by atoms with E-state index >= 15 is 0 Å². The van der Waals surface area contributed by atoms with Gasteiger partial charge < -0.3 is 0 Å². The Bertz CT molecular complexity index is 623. The Kier molecular flexibility index (Phi) is 5.51. The third-order valence-corrected chi connectivity index (χ3v) is 5.14. The molecule has 0 radical (unpaired) electrons. The van der Waals surface area contributed by atoms with Crippen LogP contribution in [-0.2, 0) is 11.5 Å². The molecule has 0 saturated heterocycles. The molecule has 0 spiro atoms. The third kappa shape index (κ3) is 4.61. The number of rotatable bonds is 6. The SMILES string of the molecule is c1ccc(CSc2ccc(SCc3ccccn3)cc2)nc1. The molecule has 3 rings (SSSR count). The van der Waals surface area contributed by atoms with Crippen molar-refractivity contribution in [1.82, 2.24) is 9.97 Å². The van der Waals surface area contributed by atoms with Gasteiger partial charge in [-0.2, -0.15) is 0 Å². The van der Waals surface area contributed by atoms with Crippen molar-refractivity contribution in [1.29, 1.82) is 0 Å². The van der Waals surface area contributed by atoms with Crippen molar-refractivity contribution in [2.45, 2.75) is 21.3 Å². The predicted molar refractivity (Wildman–Crippen MR) is 94.0 cm³/mol. The summed E-state index contributed by atoms with van der Waals surface area (Å²) >= 11 is 3.63. The molecule has 4 heteroatoms. The Labute approximate surface area is 139 Å². The van der Waals surface area contributed by atoms with Crippen LogP contribution in [0.5, 0.6) is 0 Å². The highest BCUT2D eigenvalue weighted by Gasteiger charge is 2.00. The molecule has 22 heavy (non-hydrogen) atoms. The average Bonchev–Trinajstić information content (AvgIpc) is 2.61. The molecular weight excluding hydrogens is 308 g/mol. The number of thioether (sulfide) groups is 2. The fourth-order valence-electron chi connectivity index (χ4n) is 1.91. The van der Waals surface area contributed by atoms with Crippen molar-refractivity contribution in [3.05, 3.63) is 84.4 Å². The maximum Gasteiger partial charge on any atom is 0.0506 e. The molecule has 0 N–H and O–H groups in total. The highest BCUT2D eigenvalue weighted by molar-refractivity contribution is 7.99. The van der Waals surface area contributed by atoms with Crippen molar-refractivity contribution < 1.29 is 0 Å². The summed E-state index contributed by atoms with van der Waals surface area (Å²) in [7, 11) is 0. The van der Waals surface area contributed by atoms with Crippen molar-refractivity contribution in [2.75, 3.05) is 0 Å². The number of aromatic nitrogens is 2. The van der Waals surface area contributed by atoms with E-state index in [2.05, 4.69) is 46.4 Å². The molecule has 2 heterocycles. The summed E-state index contributed by atoms with van der Waals surface area (Å²) in [6.45, 7) is 0. The Morgan fingerprint density at radius 1 is 0.591 bits per heavy atom. The number of pyridine rings is 2. The van der Waals surface area contributed by atoms with Gasteiger partial charge in [-0.3, -0.25) is 9.97 Å². The standard InChI is InChI=1S/C18H16N2S2/c1-3-11-19-15(5-1)13-21-17-7-9-18(10-8-17)22-14-16-6-2-4-12-20-16/h1-12H,13-14H2. The quantitative estimate of drug-likeness (QED) is 0.592. The molecule has 0 bridgehead atoms. The summed E-state index contributed by atoms with van der Waals surface area (Å²) in [5.74, 6) is 1.81. The molecule has 0 fully saturated rings. The van der Waals surface area contributed by atoms with Crippen molar-refractivity contribution >= 4 is 23.5 Å². The maximum absolute atomic E-state index is 4.34. The van der Waals surface area contributed by atoms with Gasteiger partial charge in [0.1, 0.15) is 0 Å². The summed E-state index contributed by atoms with van der Waals surface area (Å²) < 4.78 is 0. The summed E-state index contributed by atoms with van der Waals surface area (Å²) in [6, 6.07) is 20.8. The van der Waals surface area contributed by atoms with E-state index in [9.17, 15) is 0 Å². The minimum absolute atomic E-state index is 0.904. The van der Waals surface area contributed by atoms with Gasteiger partial charge in [0, 0.05) is 33.7 Å². The zero-order chi connectivity index (χ0) is 15.0. The van der Waals surface area contributed by atoms with E-state index in [0.717, 1.165) is 22.9 Å². The molecule has 110 valence electrons. The van der Waals surface area contributed by atoms with Gasteiger partial charge >= 0.3 is 0 Å². The van der Waals surface area contributed by atoms with Crippen LogP contribution in [0.1, 0.15) is 11.4 Å². The smallest absolute Gasteiger partial charge is 0.0506 e. The molecule has 2 nitrogen and oxygen atoms in total. The Morgan fingerprint density at radius 3 is 1.41 bits per heavy atom. The van der Waals surface area contributed by atoms with Gasteiger partial charge in [-0.05, 0) is 48.5 Å². The van der Waals surface area contributed by atoms with Crippen LogP contribution < -0.4 is 0 Å². The molecule has 0 aliphatic carbocycles. The number of nitrogens with zero attached hydrogens (tertiary/aromatic N) is 2. The Hall–Kier alpha value is -1.78. The number of hydrogen-bond acceptors (Lipinski definition) is 4. The van der Waals surface area contributed by atoms with Crippen LogP contribution in [-0.4, -0.2) is 9.97 Å². The van der Waals surface area contributed by atoms with E-state index in [1.807, 2.05) is 60.2 Å². The zero-order valence-electron chi connectivity index (χ0n) is 12.1. The zero-order valence-corrected chi connectivity index (χ0v) is 13.7. The lowest BCUT2D eigenvalue weighted by atomic mass is 10.4. The van der Waals surface area contributed by atoms with Crippen LogP contribution >= 0.6 is 23.5 Å². The second-order valence-corrected chi connectivity index (χ2v) is 6.79. The minimum Gasteiger partial charge on any atom is -0.260 e. The first kappa shape index (κ1) is 15.1. The Morgan fingerprint density at radius 2 is 1.05 bits per heavy atom. The van der Waals surface area contributed by atoms with E-state index in [1.165, 1.54) is 9.79 Å². The first-order valence-electron chi connectivity index (χ1n) is 7.06. The van der Waals surface area contributed by atoms with Crippen molar-refractivity contribution in [3.8, 4) is 0 Å². The Balaban J connectivity index is 1.52. The van der Waals surface area contributed by atoms with Crippen LogP contribution in [0.2, 0.25) is 0 Å². The molecule has 1 aromatic carbocycles. The fourth-order valence-corrected chi connectivity index (χ4v) is 3.54. The summed E-state index contributed by atoms with van der Waals surface area (Å²) in [4.78, 5) is 11.2. The highest BCUT2D eigenvalue weighted by Crippen LogP contribution is 2.27. The van der Waals surface area contributed by atoms with E-state index in [1.54, 1.807) is 0 Å². The van der Waals surface area contributed by atoms with E-state index in [0.29, 0.717) is 0 Å². The van der Waals surface area contributed by atoms with Crippen LogP contribution in [0.3, 0.4) is 0 Å². The topological polar surface area (TPSA) is 25.8 Å². The van der Waals surface area contributed by atoms with Crippen LogP contribution in [0, 0.1) is 0 Å². The molecule has 0 saturated carbocycles. The average molecular weight is 324 g/mol. The summed E-state index contributed by atoms with van der Waals surface area (Å²) in [6.07, 6.45) is 3.68. The lowest BCUT2D eigenvalue weighted by molar-refractivity contribution is 1.17. The maximum atomic E-state index is 4.34. The van der Waals surface area contributed by atoms with E-state index in [4.69, 9.17) is 0 Å².